The minimum absolute atomic E-state index is 0.109. The fourth-order valence-corrected chi connectivity index (χ4v) is 3.22. The van der Waals surface area contributed by atoms with Gasteiger partial charge in [-0.25, -0.2) is 9.97 Å². The van der Waals surface area contributed by atoms with Crippen LogP contribution in [0, 0.1) is 13.8 Å². The standard InChI is InChI=1S/C16H17N5OS/c1-11-15(23-12(2)19-11)16(22)20-14(8-21-10-17-9-18-21)13-6-4-3-5-7-13/h3-7,9-10,14H,8H2,1-2H3,(H,20,22). The summed E-state index contributed by atoms with van der Waals surface area (Å²) < 4.78 is 1.71. The second-order valence-corrected chi connectivity index (χ2v) is 6.40. The average molecular weight is 327 g/mol. The van der Waals surface area contributed by atoms with Gasteiger partial charge < -0.3 is 5.32 Å². The predicted molar refractivity (Wildman–Crippen MR) is 88.3 cm³/mol. The highest BCUT2D eigenvalue weighted by atomic mass is 32.1. The molecule has 1 unspecified atom stereocenters. The van der Waals surface area contributed by atoms with E-state index in [4.69, 9.17) is 0 Å². The van der Waals surface area contributed by atoms with Crippen molar-refractivity contribution in [2.24, 2.45) is 0 Å². The van der Waals surface area contributed by atoms with Crippen LogP contribution in [0.2, 0.25) is 0 Å². The number of hydrogen-bond donors (Lipinski definition) is 1. The lowest BCUT2D eigenvalue weighted by atomic mass is 10.1. The van der Waals surface area contributed by atoms with Gasteiger partial charge in [-0.15, -0.1) is 11.3 Å². The van der Waals surface area contributed by atoms with Crippen LogP contribution in [0.4, 0.5) is 0 Å². The zero-order valence-electron chi connectivity index (χ0n) is 12.9. The van der Waals surface area contributed by atoms with Crippen LogP contribution in [0.15, 0.2) is 43.0 Å². The minimum atomic E-state index is -0.188. The third-order valence-electron chi connectivity index (χ3n) is 3.45. The Hall–Kier alpha value is -2.54. The van der Waals surface area contributed by atoms with Gasteiger partial charge in [-0.2, -0.15) is 5.10 Å². The first kappa shape index (κ1) is 15.4. The van der Waals surface area contributed by atoms with Crippen LogP contribution in [0.3, 0.4) is 0 Å². The van der Waals surface area contributed by atoms with Gasteiger partial charge in [-0.3, -0.25) is 9.48 Å². The topological polar surface area (TPSA) is 72.7 Å². The summed E-state index contributed by atoms with van der Waals surface area (Å²) in [7, 11) is 0. The molecule has 23 heavy (non-hydrogen) atoms. The summed E-state index contributed by atoms with van der Waals surface area (Å²) >= 11 is 1.41. The molecule has 3 rings (SSSR count). The van der Waals surface area contributed by atoms with Gasteiger partial charge in [0.15, 0.2) is 0 Å². The molecule has 1 aromatic carbocycles. The fourth-order valence-electron chi connectivity index (χ4n) is 2.40. The molecule has 0 saturated carbocycles. The van der Waals surface area contributed by atoms with E-state index in [0.29, 0.717) is 11.4 Å². The summed E-state index contributed by atoms with van der Waals surface area (Å²) in [5, 5.41) is 8.10. The molecule has 0 radical (unpaired) electrons. The highest BCUT2D eigenvalue weighted by Gasteiger charge is 2.20. The van der Waals surface area contributed by atoms with E-state index in [9.17, 15) is 4.79 Å². The van der Waals surface area contributed by atoms with Crippen LogP contribution in [0.1, 0.15) is 32.0 Å². The molecule has 7 heteroatoms. The molecule has 0 aliphatic rings. The first-order valence-corrected chi connectivity index (χ1v) is 8.07. The van der Waals surface area contributed by atoms with E-state index in [1.54, 1.807) is 11.0 Å². The summed E-state index contributed by atoms with van der Waals surface area (Å²) in [6, 6.07) is 9.66. The zero-order valence-corrected chi connectivity index (χ0v) is 13.7. The number of nitrogens with one attached hydrogen (secondary N) is 1. The molecule has 1 N–H and O–H groups in total. The first-order valence-electron chi connectivity index (χ1n) is 7.25. The third kappa shape index (κ3) is 3.62. The fraction of sp³-hybridized carbons (Fsp3) is 0.250. The zero-order chi connectivity index (χ0) is 16.2. The Bertz CT molecular complexity index is 782. The lowest BCUT2D eigenvalue weighted by Crippen LogP contribution is -2.31. The van der Waals surface area contributed by atoms with E-state index in [-0.39, 0.29) is 11.9 Å². The summed E-state index contributed by atoms with van der Waals surface area (Å²) in [5.74, 6) is -0.109. The highest BCUT2D eigenvalue weighted by Crippen LogP contribution is 2.20. The van der Waals surface area contributed by atoms with Gasteiger partial charge in [0.25, 0.3) is 5.91 Å². The van der Waals surface area contributed by atoms with E-state index in [1.807, 2.05) is 44.2 Å². The van der Waals surface area contributed by atoms with E-state index in [1.165, 1.54) is 17.7 Å². The van der Waals surface area contributed by atoms with Gasteiger partial charge in [-0.1, -0.05) is 30.3 Å². The number of benzene rings is 1. The number of carbonyl (C=O) groups is 1. The van der Waals surface area contributed by atoms with Crippen LogP contribution >= 0.6 is 11.3 Å². The van der Waals surface area contributed by atoms with E-state index in [2.05, 4.69) is 20.4 Å². The van der Waals surface area contributed by atoms with Crippen molar-refractivity contribution < 1.29 is 4.79 Å². The Morgan fingerprint density at radius 2 is 2.09 bits per heavy atom. The minimum Gasteiger partial charge on any atom is -0.343 e. The van der Waals surface area contributed by atoms with Gasteiger partial charge >= 0.3 is 0 Å². The number of nitrogens with zero attached hydrogens (tertiary/aromatic N) is 4. The smallest absolute Gasteiger partial charge is 0.263 e. The molecule has 1 atom stereocenters. The number of amides is 1. The van der Waals surface area contributed by atoms with Crippen molar-refractivity contribution in [3.63, 3.8) is 0 Å². The normalized spacial score (nSPS) is 12.1. The van der Waals surface area contributed by atoms with Crippen molar-refractivity contribution in [3.05, 3.63) is 64.1 Å². The molecular formula is C16H17N5OS. The summed E-state index contributed by atoms with van der Waals surface area (Å²) in [5.41, 5.74) is 1.79. The molecule has 0 saturated heterocycles. The van der Waals surface area contributed by atoms with Crippen LogP contribution < -0.4 is 5.32 Å². The van der Waals surface area contributed by atoms with Crippen LogP contribution in [0.25, 0.3) is 0 Å². The molecule has 0 aliphatic carbocycles. The Labute approximate surface area is 138 Å². The molecular weight excluding hydrogens is 310 g/mol. The van der Waals surface area contributed by atoms with Crippen LogP contribution in [0.5, 0.6) is 0 Å². The quantitative estimate of drug-likeness (QED) is 0.781. The lowest BCUT2D eigenvalue weighted by molar-refractivity contribution is 0.0935. The molecule has 118 valence electrons. The maximum atomic E-state index is 12.6. The molecule has 0 bridgehead atoms. The molecule has 6 nitrogen and oxygen atoms in total. The Morgan fingerprint density at radius 3 is 2.70 bits per heavy atom. The Kier molecular flexibility index (Phi) is 4.47. The largest absolute Gasteiger partial charge is 0.343 e. The predicted octanol–water partition coefficient (Wildman–Crippen LogP) is 2.52. The third-order valence-corrected chi connectivity index (χ3v) is 4.52. The van der Waals surface area contributed by atoms with Gasteiger partial charge in [0.2, 0.25) is 0 Å². The monoisotopic (exact) mass is 327 g/mol. The molecule has 0 fully saturated rings. The second kappa shape index (κ2) is 6.70. The molecule has 0 aliphatic heterocycles. The maximum Gasteiger partial charge on any atom is 0.263 e. The summed E-state index contributed by atoms with van der Waals surface area (Å²) in [4.78, 5) is 21.5. The van der Waals surface area contributed by atoms with Gasteiger partial charge in [-0.05, 0) is 19.4 Å². The van der Waals surface area contributed by atoms with Crippen molar-refractivity contribution in [1.82, 2.24) is 25.1 Å². The number of thiazole rings is 1. The van der Waals surface area contributed by atoms with E-state index >= 15 is 0 Å². The molecule has 2 heterocycles. The molecule has 2 aromatic heterocycles. The van der Waals surface area contributed by atoms with Gasteiger partial charge in [0, 0.05) is 0 Å². The van der Waals surface area contributed by atoms with Gasteiger partial charge in [0.1, 0.15) is 17.5 Å². The van der Waals surface area contributed by atoms with Crippen molar-refractivity contribution >= 4 is 17.2 Å². The number of aryl methyl sites for hydroxylation is 2. The SMILES string of the molecule is Cc1nc(C)c(C(=O)NC(Cn2cncn2)c2ccccc2)s1. The highest BCUT2D eigenvalue weighted by molar-refractivity contribution is 7.13. The molecule has 3 aromatic rings. The molecule has 0 spiro atoms. The number of rotatable bonds is 5. The Morgan fingerprint density at radius 1 is 1.30 bits per heavy atom. The van der Waals surface area contributed by atoms with E-state index < -0.39 is 0 Å². The average Bonchev–Trinajstić information content (AvgIpc) is 3.17. The van der Waals surface area contributed by atoms with Crippen LogP contribution in [-0.2, 0) is 6.54 Å². The van der Waals surface area contributed by atoms with E-state index in [0.717, 1.165) is 16.3 Å². The van der Waals surface area contributed by atoms with Crippen molar-refractivity contribution in [1.29, 1.82) is 0 Å². The summed E-state index contributed by atoms with van der Waals surface area (Å²) in [6.45, 7) is 4.28. The van der Waals surface area contributed by atoms with Gasteiger partial charge in [0.05, 0.1) is 23.3 Å². The Balaban J connectivity index is 1.83. The number of aromatic nitrogens is 4. The molecule has 1 amide bonds. The summed E-state index contributed by atoms with van der Waals surface area (Å²) in [6.07, 6.45) is 3.13. The maximum absolute atomic E-state index is 12.6. The number of hydrogen-bond acceptors (Lipinski definition) is 5. The first-order chi connectivity index (χ1) is 11.1. The van der Waals surface area contributed by atoms with Crippen molar-refractivity contribution in [2.75, 3.05) is 0 Å². The van der Waals surface area contributed by atoms with Crippen molar-refractivity contribution in [2.45, 2.75) is 26.4 Å². The van der Waals surface area contributed by atoms with Crippen molar-refractivity contribution in [3.8, 4) is 0 Å². The second-order valence-electron chi connectivity index (χ2n) is 5.20. The van der Waals surface area contributed by atoms with Crippen LogP contribution in [-0.4, -0.2) is 25.7 Å². The lowest BCUT2D eigenvalue weighted by Gasteiger charge is -2.19. The number of carbonyl (C=O) groups excluding carboxylic acids is 1.